The Morgan fingerprint density at radius 3 is 2.52 bits per heavy atom. The Balaban J connectivity index is 2.55. The smallest absolute Gasteiger partial charge is 0.232 e. The number of rotatable bonds is 9. The summed E-state index contributed by atoms with van der Waals surface area (Å²) in [6.45, 7) is 5.12. The summed E-state index contributed by atoms with van der Waals surface area (Å²) < 4.78 is 52.9. The SMILES string of the molecule is CCCNCCCCS(=O)(=O)Nc1c(F)ccc(C)c1F. The third-order valence-corrected chi connectivity index (χ3v) is 4.33. The lowest BCUT2D eigenvalue weighted by molar-refractivity contribution is 0.576. The van der Waals surface area contributed by atoms with E-state index in [1.807, 2.05) is 11.6 Å². The normalized spacial score (nSPS) is 11.6. The fraction of sp³-hybridized carbons (Fsp3) is 0.571. The average Bonchev–Trinajstić information content (AvgIpc) is 2.43. The zero-order valence-electron chi connectivity index (χ0n) is 12.4. The zero-order chi connectivity index (χ0) is 15.9. The number of halogens is 2. The Bertz CT molecular complexity index is 562. The average molecular weight is 320 g/mol. The van der Waals surface area contributed by atoms with Crippen LogP contribution in [-0.2, 0) is 10.0 Å². The molecule has 2 N–H and O–H groups in total. The molecule has 0 amide bonds. The third kappa shape index (κ3) is 5.97. The van der Waals surface area contributed by atoms with Crippen molar-refractivity contribution in [1.29, 1.82) is 0 Å². The Morgan fingerprint density at radius 1 is 1.14 bits per heavy atom. The predicted molar refractivity (Wildman–Crippen MR) is 80.9 cm³/mol. The minimum absolute atomic E-state index is 0.159. The van der Waals surface area contributed by atoms with Crippen LogP contribution in [0.4, 0.5) is 14.5 Å². The fourth-order valence-corrected chi connectivity index (χ4v) is 2.98. The van der Waals surface area contributed by atoms with Gasteiger partial charge < -0.3 is 5.32 Å². The zero-order valence-corrected chi connectivity index (χ0v) is 13.2. The molecule has 120 valence electrons. The van der Waals surface area contributed by atoms with Gasteiger partial charge in [0.05, 0.1) is 5.75 Å². The first-order valence-electron chi connectivity index (χ1n) is 7.03. The van der Waals surface area contributed by atoms with Crippen LogP contribution in [0.3, 0.4) is 0 Å². The maximum atomic E-state index is 13.7. The largest absolute Gasteiger partial charge is 0.317 e. The van der Waals surface area contributed by atoms with E-state index in [0.717, 1.165) is 25.6 Å². The third-order valence-electron chi connectivity index (χ3n) is 2.99. The van der Waals surface area contributed by atoms with Gasteiger partial charge in [0.2, 0.25) is 10.0 Å². The molecule has 1 rings (SSSR count). The summed E-state index contributed by atoms with van der Waals surface area (Å²) in [6.07, 6.45) is 2.15. The van der Waals surface area contributed by atoms with Gasteiger partial charge in [0.15, 0.2) is 5.82 Å². The highest BCUT2D eigenvalue weighted by molar-refractivity contribution is 7.92. The number of aryl methyl sites for hydroxylation is 1. The van der Waals surface area contributed by atoms with Gasteiger partial charge in [-0.25, -0.2) is 17.2 Å². The lowest BCUT2D eigenvalue weighted by atomic mass is 10.2. The van der Waals surface area contributed by atoms with Crippen LogP contribution in [0, 0.1) is 18.6 Å². The molecule has 1 aromatic carbocycles. The second-order valence-corrected chi connectivity index (χ2v) is 6.77. The summed E-state index contributed by atoms with van der Waals surface area (Å²) in [7, 11) is -3.75. The Hall–Kier alpha value is -1.21. The highest BCUT2D eigenvalue weighted by atomic mass is 32.2. The minimum Gasteiger partial charge on any atom is -0.317 e. The molecule has 0 spiro atoms. The van der Waals surface area contributed by atoms with Crippen LogP contribution >= 0.6 is 0 Å². The van der Waals surface area contributed by atoms with E-state index in [2.05, 4.69) is 5.32 Å². The van der Waals surface area contributed by atoms with Crippen molar-refractivity contribution in [3.05, 3.63) is 29.3 Å². The molecule has 21 heavy (non-hydrogen) atoms. The number of nitrogens with one attached hydrogen (secondary N) is 2. The van der Waals surface area contributed by atoms with Crippen LogP contribution < -0.4 is 10.0 Å². The minimum atomic E-state index is -3.75. The van der Waals surface area contributed by atoms with Crippen LogP contribution in [0.1, 0.15) is 31.7 Å². The monoisotopic (exact) mass is 320 g/mol. The summed E-state index contributed by atoms with van der Waals surface area (Å²) in [5.74, 6) is -1.94. The predicted octanol–water partition coefficient (Wildman–Crippen LogP) is 2.79. The van der Waals surface area contributed by atoms with E-state index in [4.69, 9.17) is 0 Å². The molecule has 0 aromatic heterocycles. The number of benzene rings is 1. The summed E-state index contributed by atoms with van der Waals surface area (Å²) in [4.78, 5) is 0. The molecule has 0 aliphatic carbocycles. The molecule has 0 fully saturated rings. The molecular weight excluding hydrogens is 298 g/mol. The number of unbranched alkanes of at least 4 members (excludes halogenated alkanes) is 1. The second-order valence-electron chi connectivity index (χ2n) is 4.93. The van der Waals surface area contributed by atoms with Gasteiger partial charge in [-0.05, 0) is 50.9 Å². The number of anilines is 1. The number of hydrogen-bond acceptors (Lipinski definition) is 3. The molecule has 0 saturated carbocycles. The fourth-order valence-electron chi connectivity index (χ4n) is 1.80. The topological polar surface area (TPSA) is 58.2 Å². The van der Waals surface area contributed by atoms with Gasteiger partial charge in [-0.15, -0.1) is 0 Å². The second kappa shape index (κ2) is 8.29. The molecule has 0 unspecified atom stereocenters. The van der Waals surface area contributed by atoms with E-state index in [9.17, 15) is 17.2 Å². The highest BCUT2D eigenvalue weighted by Crippen LogP contribution is 2.22. The standard InChI is InChI=1S/C14H22F2N2O2S/c1-3-8-17-9-4-5-10-21(19,20)18-14-12(15)7-6-11(2)13(14)16/h6-7,17-18H,3-5,8-10H2,1-2H3. The summed E-state index contributed by atoms with van der Waals surface area (Å²) in [5, 5.41) is 3.16. The van der Waals surface area contributed by atoms with Gasteiger partial charge in [0.1, 0.15) is 11.5 Å². The van der Waals surface area contributed by atoms with Crippen molar-refractivity contribution in [2.24, 2.45) is 0 Å². The van der Waals surface area contributed by atoms with E-state index < -0.39 is 27.3 Å². The van der Waals surface area contributed by atoms with Crippen LogP contribution in [0.5, 0.6) is 0 Å². The quantitative estimate of drug-likeness (QED) is 0.688. The summed E-state index contributed by atoms with van der Waals surface area (Å²) in [5.41, 5.74) is -0.406. The molecule has 0 atom stereocenters. The van der Waals surface area contributed by atoms with Crippen LogP contribution in [-0.4, -0.2) is 27.3 Å². The van der Waals surface area contributed by atoms with Gasteiger partial charge in [-0.2, -0.15) is 0 Å². The Morgan fingerprint density at radius 2 is 1.86 bits per heavy atom. The molecule has 7 heteroatoms. The van der Waals surface area contributed by atoms with Crippen molar-refractivity contribution in [2.75, 3.05) is 23.6 Å². The number of hydrogen-bond donors (Lipinski definition) is 2. The van der Waals surface area contributed by atoms with Crippen molar-refractivity contribution in [3.63, 3.8) is 0 Å². The number of sulfonamides is 1. The first-order valence-corrected chi connectivity index (χ1v) is 8.68. The molecule has 1 aromatic rings. The molecule has 0 aliphatic heterocycles. The molecule has 0 bridgehead atoms. The van der Waals surface area contributed by atoms with E-state index >= 15 is 0 Å². The van der Waals surface area contributed by atoms with Gasteiger partial charge in [-0.3, -0.25) is 4.72 Å². The van der Waals surface area contributed by atoms with Gasteiger partial charge in [0.25, 0.3) is 0 Å². The molecule has 0 saturated heterocycles. The van der Waals surface area contributed by atoms with Crippen LogP contribution in [0.15, 0.2) is 12.1 Å². The van der Waals surface area contributed by atoms with Crippen LogP contribution in [0.25, 0.3) is 0 Å². The molecule has 4 nitrogen and oxygen atoms in total. The maximum Gasteiger partial charge on any atom is 0.232 e. The van der Waals surface area contributed by atoms with Crippen LogP contribution in [0.2, 0.25) is 0 Å². The van der Waals surface area contributed by atoms with Crippen molar-refractivity contribution in [2.45, 2.75) is 33.1 Å². The van der Waals surface area contributed by atoms with E-state index in [1.54, 1.807) is 0 Å². The maximum absolute atomic E-state index is 13.7. The Labute approximate surface area is 125 Å². The van der Waals surface area contributed by atoms with Crippen molar-refractivity contribution in [3.8, 4) is 0 Å². The van der Waals surface area contributed by atoms with Gasteiger partial charge in [0, 0.05) is 0 Å². The van der Waals surface area contributed by atoms with E-state index in [-0.39, 0.29) is 11.3 Å². The molecule has 0 heterocycles. The van der Waals surface area contributed by atoms with Gasteiger partial charge >= 0.3 is 0 Å². The first-order chi connectivity index (χ1) is 9.87. The highest BCUT2D eigenvalue weighted by Gasteiger charge is 2.17. The van der Waals surface area contributed by atoms with Crippen molar-refractivity contribution >= 4 is 15.7 Å². The summed E-state index contributed by atoms with van der Waals surface area (Å²) >= 11 is 0. The van der Waals surface area contributed by atoms with Crippen molar-refractivity contribution < 1.29 is 17.2 Å². The van der Waals surface area contributed by atoms with E-state index in [0.29, 0.717) is 12.8 Å². The Kier molecular flexibility index (Phi) is 7.04. The van der Waals surface area contributed by atoms with Gasteiger partial charge in [-0.1, -0.05) is 13.0 Å². The lowest BCUT2D eigenvalue weighted by Crippen LogP contribution is -2.21. The summed E-state index contributed by atoms with van der Waals surface area (Å²) in [6, 6.07) is 2.31. The first kappa shape index (κ1) is 17.8. The van der Waals surface area contributed by atoms with Crippen molar-refractivity contribution in [1.82, 2.24) is 5.32 Å². The molecule has 0 aliphatic rings. The lowest BCUT2D eigenvalue weighted by Gasteiger charge is -2.11. The van der Waals surface area contributed by atoms with E-state index in [1.165, 1.54) is 13.0 Å². The molecule has 0 radical (unpaired) electrons. The molecular formula is C14H22F2N2O2S.